The lowest BCUT2D eigenvalue weighted by Gasteiger charge is -2.41. The van der Waals surface area contributed by atoms with Gasteiger partial charge >= 0.3 is 0 Å². The first-order chi connectivity index (χ1) is 9.69. The minimum absolute atomic E-state index is 0.144. The van der Waals surface area contributed by atoms with Gasteiger partial charge in [-0.05, 0) is 12.8 Å². The van der Waals surface area contributed by atoms with Gasteiger partial charge in [-0.3, -0.25) is 0 Å². The molecule has 6 nitrogen and oxygen atoms in total. The maximum atomic E-state index is 10.5. The molecule has 1 saturated heterocycles. The van der Waals surface area contributed by atoms with Gasteiger partial charge in [-0.25, -0.2) is 4.99 Å². The van der Waals surface area contributed by atoms with E-state index in [0.717, 1.165) is 25.7 Å². The summed E-state index contributed by atoms with van der Waals surface area (Å²) in [5.41, 5.74) is 0. The molecule has 1 saturated carbocycles. The van der Waals surface area contributed by atoms with Gasteiger partial charge in [0.05, 0.1) is 12.7 Å². The zero-order valence-electron chi connectivity index (χ0n) is 11.8. The Morgan fingerprint density at radius 2 is 2.05 bits per heavy atom. The molecule has 3 aliphatic rings. The number of rotatable bonds is 3. The Morgan fingerprint density at radius 1 is 1.30 bits per heavy atom. The number of hydrogen-bond acceptors (Lipinski definition) is 6. The van der Waals surface area contributed by atoms with Crippen molar-refractivity contribution in [2.24, 2.45) is 4.99 Å². The van der Waals surface area contributed by atoms with Gasteiger partial charge in [-0.2, -0.15) is 0 Å². The summed E-state index contributed by atoms with van der Waals surface area (Å²) in [6.07, 6.45) is 3.22. The van der Waals surface area contributed by atoms with Crippen LogP contribution in [0.25, 0.3) is 0 Å². The molecular formula is C14H23NO5. The quantitative estimate of drug-likeness (QED) is 0.793. The molecule has 0 bridgehead atoms. The molecule has 20 heavy (non-hydrogen) atoms. The first-order valence-corrected chi connectivity index (χ1v) is 7.50. The van der Waals surface area contributed by atoms with E-state index in [9.17, 15) is 10.2 Å². The van der Waals surface area contributed by atoms with Crippen LogP contribution in [0.3, 0.4) is 0 Å². The van der Waals surface area contributed by atoms with E-state index in [2.05, 4.69) is 4.99 Å². The van der Waals surface area contributed by atoms with Gasteiger partial charge in [-0.1, -0.05) is 19.3 Å². The summed E-state index contributed by atoms with van der Waals surface area (Å²) in [5, 5.41) is 20.0. The van der Waals surface area contributed by atoms with Crippen molar-refractivity contribution in [1.29, 1.82) is 0 Å². The Morgan fingerprint density at radius 3 is 2.75 bits per heavy atom. The lowest BCUT2D eigenvalue weighted by molar-refractivity contribution is -0.255. The van der Waals surface area contributed by atoms with E-state index in [0.29, 0.717) is 5.90 Å². The van der Waals surface area contributed by atoms with Crippen molar-refractivity contribution in [1.82, 2.24) is 0 Å². The molecule has 0 aromatic carbocycles. The van der Waals surface area contributed by atoms with E-state index >= 15 is 0 Å². The van der Waals surface area contributed by atoms with Crippen LogP contribution in [0.2, 0.25) is 0 Å². The number of ether oxygens (including phenoxy) is 3. The van der Waals surface area contributed by atoms with Crippen molar-refractivity contribution in [3.63, 3.8) is 0 Å². The topological polar surface area (TPSA) is 80.5 Å². The molecule has 0 radical (unpaired) electrons. The molecule has 1 aliphatic carbocycles. The van der Waals surface area contributed by atoms with Crippen LogP contribution >= 0.6 is 0 Å². The van der Waals surface area contributed by atoms with Gasteiger partial charge in [0.1, 0.15) is 24.4 Å². The molecule has 0 aromatic rings. The van der Waals surface area contributed by atoms with E-state index in [1.165, 1.54) is 6.42 Å². The van der Waals surface area contributed by atoms with Crippen LogP contribution < -0.4 is 0 Å². The average molecular weight is 285 g/mol. The fourth-order valence-electron chi connectivity index (χ4n) is 3.29. The molecule has 6 heteroatoms. The number of aliphatic imine (C=N–C) groups is 1. The summed E-state index contributed by atoms with van der Waals surface area (Å²) in [5.74, 6) is 0.508. The van der Waals surface area contributed by atoms with Gasteiger partial charge in [0.2, 0.25) is 6.29 Å². The second kappa shape index (κ2) is 5.97. The van der Waals surface area contributed by atoms with Gasteiger partial charge < -0.3 is 24.4 Å². The second-order valence-electron chi connectivity index (χ2n) is 5.83. The largest absolute Gasteiger partial charge is 0.450 e. The summed E-state index contributed by atoms with van der Waals surface area (Å²) in [6, 6.07) is -0.452. The van der Waals surface area contributed by atoms with Crippen molar-refractivity contribution in [2.75, 3.05) is 6.61 Å². The lowest BCUT2D eigenvalue weighted by Crippen LogP contribution is -2.58. The van der Waals surface area contributed by atoms with Crippen LogP contribution in [-0.4, -0.2) is 59.5 Å². The molecule has 2 fully saturated rings. The number of hydrogen-bond donors (Lipinski definition) is 2. The Hall–Kier alpha value is -0.690. The highest BCUT2D eigenvalue weighted by atomic mass is 16.7. The first-order valence-electron chi connectivity index (χ1n) is 7.50. The summed E-state index contributed by atoms with van der Waals surface area (Å²) < 4.78 is 17.1. The molecule has 0 amide bonds. The molecule has 0 spiro atoms. The maximum absolute atomic E-state index is 10.5. The molecule has 114 valence electrons. The second-order valence-corrected chi connectivity index (χ2v) is 5.83. The Balaban J connectivity index is 1.69. The summed E-state index contributed by atoms with van der Waals surface area (Å²) in [6.45, 7) is 1.54. The SMILES string of the molecule is CC1=NC2C(O1)OC(CO)C(OC1CCCCC1)C2O. The van der Waals surface area contributed by atoms with Gasteiger partial charge in [0.15, 0.2) is 5.90 Å². The third kappa shape index (κ3) is 2.70. The Bertz CT molecular complexity index is 369. The zero-order chi connectivity index (χ0) is 14.1. The van der Waals surface area contributed by atoms with Gasteiger partial charge in [0, 0.05) is 6.92 Å². The lowest BCUT2D eigenvalue weighted by atomic mass is 9.94. The van der Waals surface area contributed by atoms with Gasteiger partial charge in [-0.15, -0.1) is 0 Å². The van der Waals surface area contributed by atoms with E-state index in [-0.39, 0.29) is 12.7 Å². The van der Waals surface area contributed by atoms with Gasteiger partial charge in [0.25, 0.3) is 0 Å². The van der Waals surface area contributed by atoms with Crippen molar-refractivity contribution >= 4 is 5.90 Å². The highest BCUT2D eigenvalue weighted by Gasteiger charge is 2.50. The summed E-state index contributed by atoms with van der Waals surface area (Å²) in [7, 11) is 0. The molecule has 2 aliphatic heterocycles. The number of fused-ring (bicyclic) bond motifs is 1. The van der Waals surface area contributed by atoms with E-state index < -0.39 is 30.6 Å². The molecule has 2 heterocycles. The zero-order valence-corrected chi connectivity index (χ0v) is 11.8. The fraction of sp³-hybridized carbons (Fsp3) is 0.929. The Kier molecular flexibility index (Phi) is 4.26. The minimum Gasteiger partial charge on any atom is -0.450 e. The summed E-state index contributed by atoms with van der Waals surface area (Å²) >= 11 is 0. The molecule has 5 atom stereocenters. The van der Waals surface area contributed by atoms with Crippen LogP contribution in [0.1, 0.15) is 39.0 Å². The molecule has 2 N–H and O–H groups in total. The predicted molar refractivity (Wildman–Crippen MR) is 71.5 cm³/mol. The highest BCUT2D eigenvalue weighted by Crippen LogP contribution is 2.32. The van der Waals surface area contributed by atoms with Crippen LogP contribution in [0.5, 0.6) is 0 Å². The van der Waals surface area contributed by atoms with Crippen molar-refractivity contribution in [2.45, 2.75) is 75.8 Å². The van der Waals surface area contributed by atoms with Crippen LogP contribution in [0, 0.1) is 0 Å². The van der Waals surface area contributed by atoms with Crippen LogP contribution in [-0.2, 0) is 14.2 Å². The maximum Gasteiger partial charge on any atom is 0.227 e. The Labute approximate surface area is 118 Å². The predicted octanol–water partition coefficient (Wildman–Crippen LogP) is 0.600. The smallest absolute Gasteiger partial charge is 0.227 e. The minimum atomic E-state index is -0.801. The number of nitrogens with zero attached hydrogens (tertiary/aromatic N) is 1. The molecule has 3 rings (SSSR count). The number of aliphatic hydroxyl groups excluding tert-OH is 2. The third-order valence-electron chi connectivity index (χ3n) is 4.34. The third-order valence-corrected chi connectivity index (χ3v) is 4.34. The summed E-state index contributed by atoms with van der Waals surface area (Å²) in [4.78, 5) is 4.26. The van der Waals surface area contributed by atoms with E-state index in [4.69, 9.17) is 14.2 Å². The van der Waals surface area contributed by atoms with E-state index in [1.54, 1.807) is 6.92 Å². The molecule has 0 aromatic heterocycles. The molecular weight excluding hydrogens is 262 g/mol. The standard InChI is InChI=1S/C14H23NO5/c1-8-15-11-12(17)13(10(7-16)20-14(11)18-8)19-9-5-3-2-4-6-9/h9-14,16-17H,2-7H2,1H3. The van der Waals surface area contributed by atoms with Crippen LogP contribution in [0.15, 0.2) is 4.99 Å². The first kappa shape index (κ1) is 14.3. The molecule has 5 unspecified atom stereocenters. The normalized spacial score (nSPS) is 42.0. The number of aliphatic hydroxyl groups is 2. The average Bonchev–Trinajstić information content (AvgIpc) is 2.84. The van der Waals surface area contributed by atoms with Crippen molar-refractivity contribution in [3.8, 4) is 0 Å². The highest BCUT2D eigenvalue weighted by molar-refractivity contribution is 5.75. The van der Waals surface area contributed by atoms with Crippen molar-refractivity contribution < 1.29 is 24.4 Å². The fourth-order valence-corrected chi connectivity index (χ4v) is 3.29. The van der Waals surface area contributed by atoms with E-state index in [1.807, 2.05) is 0 Å². The monoisotopic (exact) mass is 285 g/mol. The van der Waals surface area contributed by atoms with Crippen molar-refractivity contribution in [3.05, 3.63) is 0 Å². The van der Waals surface area contributed by atoms with Crippen LogP contribution in [0.4, 0.5) is 0 Å².